The molecule has 0 atom stereocenters. The number of aromatic nitrogens is 1. The highest BCUT2D eigenvalue weighted by Crippen LogP contribution is 2.37. The van der Waals surface area contributed by atoms with Gasteiger partial charge in [0.05, 0.1) is 29.4 Å². The van der Waals surface area contributed by atoms with E-state index in [-0.39, 0.29) is 0 Å². The average molecular weight is 299 g/mol. The number of fused-ring (bicyclic) bond motifs is 1. The van der Waals surface area contributed by atoms with Crippen LogP contribution in [0, 0.1) is 11.3 Å². The number of benzene rings is 1. The van der Waals surface area contributed by atoms with E-state index < -0.39 is 5.91 Å². The molecule has 1 aliphatic heterocycles. The molecule has 3 N–H and O–H groups in total. The molecular weight excluding hydrogens is 288 g/mol. The zero-order chi connectivity index (χ0) is 15.0. The van der Waals surface area contributed by atoms with Crippen LogP contribution < -0.4 is 11.1 Å². The van der Waals surface area contributed by atoms with Gasteiger partial charge in [-0.25, -0.2) is 0 Å². The van der Waals surface area contributed by atoms with Crippen LogP contribution in [0.1, 0.15) is 21.6 Å². The number of primary amides is 1. The SMILES string of the molecule is N#Cc1cccc(-c2c(C(N)=O)c3n(c2Cl)C=CNC3)c1. The van der Waals surface area contributed by atoms with Crippen molar-refractivity contribution in [3.05, 3.63) is 52.4 Å². The maximum absolute atomic E-state index is 11.9. The first-order valence-electron chi connectivity index (χ1n) is 6.26. The Kier molecular flexibility index (Phi) is 3.16. The van der Waals surface area contributed by atoms with E-state index in [9.17, 15) is 4.79 Å². The van der Waals surface area contributed by atoms with Gasteiger partial charge in [-0.3, -0.25) is 4.79 Å². The predicted molar refractivity (Wildman–Crippen MR) is 80.3 cm³/mol. The first-order valence-corrected chi connectivity index (χ1v) is 6.64. The fraction of sp³-hybridized carbons (Fsp3) is 0.0667. The zero-order valence-corrected chi connectivity index (χ0v) is 11.7. The first kappa shape index (κ1) is 13.3. The molecule has 1 aromatic carbocycles. The maximum atomic E-state index is 11.9. The van der Waals surface area contributed by atoms with Crippen LogP contribution in [0.15, 0.2) is 30.5 Å². The molecule has 0 unspecified atom stereocenters. The molecule has 0 bridgehead atoms. The van der Waals surface area contributed by atoms with Gasteiger partial charge in [0.1, 0.15) is 5.15 Å². The highest BCUT2D eigenvalue weighted by atomic mass is 35.5. The Morgan fingerprint density at radius 1 is 1.48 bits per heavy atom. The minimum Gasteiger partial charge on any atom is -0.384 e. The quantitative estimate of drug-likeness (QED) is 0.892. The van der Waals surface area contributed by atoms with Gasteiger partial charge in [-0.1, -0.05) is 23.7 Å². The van der Waals surface area contributed by atoms with Crippen LogP contribution in [-0.2, 0) is 6.54 Å². The Morgan fingerprint density at radius 3 is 3.00 bits per heavy atom. The van der Waals surface area contributed by atoms with E-state index >= 15 is 0 Å². The van der Waals surface area contributed by atoms with E-state index in [1.807, 2.05) is 0 Å². The van der Waals surface area contributed by atoms with Gasteiger partial charge in [-0.05, 0) is 17.7 Å². The highest BCUT2D eigenvalue weighted by Gasteiger charge is 2.26. The Labute approximate surface area is 126 Å². The van der Waals surface area contributed by atoms with Crippen LogP contribution in [0.2, 0.25) is 5.15 Å². The summed E-state index contributed by atoms with van der Waals surface area (Å²) in [6.45, 7) is 0.465. The van der Waals surface area contributed by atoms with E-state index in [1.165, 1.54) is 0 Å². The number of carbonyl (C=O) groups is 1. The molecule has 0 fully saturated rings. The molecule has 0 saturated carbocycles. The minimum atomic E-state index is -0.542. The van der Waals surface area contributed by atoms with Crippen LogP contribution in [-0.4, -0.2) is 10.5 Å². The summed E-state index contributed by atoms with van der Waals surface area (Å²) >= 11 is 6.41. The van der Waals surface area contributed by atoms with Crippen LogP contribution in [0.25, 0.3) is 17.3 Å². The van der Waals surface area contributed by atoms with Crippen LogP contribution >= 0.6 is 11.6 Å². The third kappa shape index (κ3) is 2.06. The van der Waals surface area contributed by atoms with Crippen molar-refractivity contribution in [1.82, 2.24) is 9.88 Å². The number of carbonyl (C=O) groups excluding carboxylic acids is 1. The van der Waals surface area contributed by atoms with E-state index in [0.29, 0.717) is 39.6 Å². The number of nitriles is 1. The molecule has 2 heterocycles. The van der Waals surface area contributed by atoms with Gasteiger partial charge in [-0.2, -0.15) is 5.26 Å². The fourth-order valence-electron chi connectivity index (χ4n) is 2.49. The number of nitrogens with one attached hydrogen (secondary N) is 1. The number of amides is 1. The number of rotatable bonds is 2. The molecule has 5 nitrogen and oxygen atoms in total. The second-order valence-electron chi connectivity index (χ2n) is 4.61. The lowest BCUT2D eigenvalue weighted by Crippen LogP contribution is -2.20. The van der Waals surface area contributed by atoms with Crippen molar-refractivity contribution in [1.29, 1.82) is 5.26 Å². The largest absolute Gasteiger partial charge is 0.384 e. The molecule has 1 amide bonds. The van der Waals surface area contributed by atoms with Crippen molar-refractivity contribution in [3.63, 3.8) is 0 Å². The molecule has 3 rings (SSSR count). The molecule has 0 saturated heterocycles. The lowest BCUT2D eigenvalue weighted by molar-refractivity contribution is 0.1000. The predicted octanol–water partition coefficient (Wildman–Crippen LogP) is 2.31. The lowest BCUT2D eigenvalue weighted by atomic mass is 10.0. The molecule has 1 aliphatic rings. The monoisotopic (exact) mass is 298 g/mol. The molecule has 6 heteroatoms. The number of nitrogens with two attached hydrogens (primary N) is 1. The van der Waals surface area contributed by atoms with E-state index in [4.69, 9.17) is 22.6 Å². The second kappa shape index (κ2) is 5.00. The first-order chi connectivity index (χ1) is 10.1. The van der Waals surface area contributed by atoms with E-state index in [2.05, 4.69) is 11.4 Å². The summed E-state index contributed by atoms with van der Waals surface area (Å²) < 4.78 is 1.73. The van der Waals surface area contributed by atoms with Crippen molar-refractivity contribution in [2.45, 2.75) is 6.54 Å². The van der Waals surface area contributed by atoms with Crippen LogP contribution in [0.3, 0.4) is 0 Å². The third-order valence-corrected chi connectivity index (χ3v) is 3.76. The van der Waals surface area contributed by atoms with Gasteiger partial charge in [0.25, 0.3) is 5.91 Å². The molecule has 21 heavy (non-hydrogen) atoms. The van der Waals surface area contributed by atoms with Crippen molar-refractivity contribution in [2.75, 3.05) is 0 Å². The lowest BCUT2D eigenvalue weighted by Gasteiger charge is -2.11. The van der Waals surface area contributed by atoms with Crippen LogP contribution in [0.4, 0.5) is 0 Å². The standard InChI is InChI=1S/C15H11ClN4O/c16-14-12(10-3-1-2-9(6-10)7-17)13(15(18)21)11-8-19-4-5-20(11)14/h1-6,19H,8H2,(H2,18,21). The maximum Gasteiger partial charge on any atom is 0.251 e. The summed E-state index contributed by atoms with van der Waals surface area (Å²) in [6.07, 6.45) is 3.49. The van der Waals surface area contributed by atoms with Crippen LogP contribution in [0.5, 0.6) is 0 Å². The summed E-state index contributed by atoms with van der Waals surface area (Å²) in [6, 6.07) is 9.01. The second-order valence-corrected chi connectivity index (χ2v) is 4.97. The molecule has 1 aromatic heterocycles. The highest BCUT2D eigenvalue weighted by molar-refractivity contribution is 6.34. The average Bonchev–Trinajstić information content (AvgIpc) is 2.81. The summed E-state index contributed by atoms with van der Waals surface area (Å²) in [4.78, 5) is 11.9. The molecule has 0 aliphatic carbocycles. The number of hydrogen-bond donors (Lipinski definition) is 2. The van der Waals surface area contributed by atoms with Crippen molar-refractivity contribution >= 4 is 23.7 Å². The van der Waals surface area contributed by atoms with Gasteiger partial charge in [-0.15, -0.1) is 0 Å². The Morgan fingerprint density at radius 2 is 2.29 bits per heavy atom. The summed E-state index contributed by atoms with van der Waals surface area (Å²) in [5.41, 5.74) is 8.38. The molecule has 0 spiro atoms. The summed E-state index contributed by atoms with van der Waals surface area (Å²) in [5.74, 6) is -0.542. The van der Waals surface area contributed by atoms with E-state index in [1.54, 1.807) is 41.2 Å². The van der Waals surface area contributed by atoms with Crippen molar-refractivity contribution < 1.29 is 4.79 Å². The third-order valence-electron chi connectivity index (χ3n) is 3.38. The smallest absolute Gasteiger partial charge is 0.251 e. The Balaban J connectivity index is 2.32. The van der Waals surface area contributed by atoms with Gasteiger partial charge in [0, 0.05) is 18.0 Å². The number of nitrogens with zero attached hydrogens (tertiary/aromatic N) is 2. The molecule has 0 radical (unpaired) electrons. The van der Waals surface area contributed by atoms with Gasteiger partial charge in [0.2, 0.25) is 0 Å². The molecular formula is C15H11ClN4O. The Hall–Kier alpha value is -2.71. The topological polar surface area (TPSA) is 83.8 Å². The zero-order valence-electron chi connectivity index (χ0n) is 10.9. The van der Waals surface area contributed by atoms with E-state index in [0.717, 1.165) is 0 Å². The van der Waals surface area contributed by atoms with Gasteiger partial charge in [0.15, 0.2) is 0 Å². The Bertz CT molecular complexity index is 814. The fourth-order valence-corrected chi connectivity index (χ4v) is 2.85. The van der Waals surface area contributed by atoms with Gasteiger partial charge < -0.3 is 15.6 Å². The molecule has 104 valence electrons. The van der Waals surface area contributed by atoms with Crippen molar-refractivity contribution in [2.24, 2.45) is 5.73 Å². The minimum absolute atomic E-state index is 0.381. The van der Waals surface area contributed by atoms with Crippen molar-refractivity contribution in [3.8, 4) is 17.2 Å². The number of hydrogen-bond acceptors (Lipinski definition) is 3. The summed E-state index contributed by atoms with van der Waals surface area (Å²) in [5, 5.41) is 12.5. The van der Waals surface area contributed by atoms with Gasteiger partial charge >= 0.3 is 0 Å². The number of halogens is 1. The molecule has 2 aromatic rings. The summed E-state index contributed by atoms with van der Waals surface area (Å²) in [7, 11) is 0. The normalized spacial score (nSPS) is 12.4.